The molecule has 1 aromatic heterocycles. The highest BCUT2D eigenvalue weighted by atomic mass is 16.5. The molecular weight excluding hydrogens is 374 g/mol. The first kappa shape index (κ1) is 21.8. The maximum atomic E-state index is 12.4. The van der Waals surface area contributed by atoms with E-state index in [4.69, 9.17) is 15.2 Å². The van der Waals surface area contributed by atoms with Crippen molar-refractivity contribution in [1.82, 2.24) is 9.88 Å². The van der Waals surface area contributed by atoms with Crippen LogP contribution in [0.15, 0.2) is 47.4 Å². The summed E-state index contributed by atoms with van der Waals surface area (Å²) in [7, 11) is 0. The molecular formula is C20H25N5O4. The number of anilines is 1. The Kier molecular flexibility index (Phi) is 8.03. The van der Waals surface area contributed by atoms with Crippen LogP contribution in [0.2, 0.25) is 0 Å². The van der Waals surface area contributed by atoms with Crippen molar-refractivity contribution in [1.29, 1.82) is 5.26 Å². The van der Waals surface area contributed by atoms with Gasteiger partial charge in [0, 0.05) is 32.4 Å². The van der Waals surface area contributed by atoms with Crippen LogP contribution in [-0.4, -0.2) is 61.2 Å². The molecule has 2 N–H and O–H groups in total. The zero-order valence-corrected chi connectivity index (χ0v) is 16.6. The number of nitrogens with two attached hydrogens (primary N) is 1. The van der Waals surface area contributed by atoms with Crippen molar-refractivity contribution < 1.29 is 19.1 Å². The van der Waals surface area contributed by atoms with E-state index in [1.165, 1.54) is 0 Å². The molecule has 2 heterocycles. The number of carbonyl (C=O) groups excluding carboxylic acids is 2. The lowest BCUT2D eigenvalue weighted by atomic mass is 10.1. The largest absolute Gasteiger partial charge is 0.462 e. The SMILES string of the molecule is CCOC(=O)C(/C=C(\C#N)C(=O)OCC)=C(/N)N1CCN(c2ccccn2)CC1. The molecule has 154 valence electrons. The van der Waals surface area contributed by atoms with Crippen LogP contribution < -0.4 is 10.6 Å². The number of rotatable bonds is 7. The fraction of sp³-hybridized carbons (Fsp3) is 0.400. The molecule has 1 aromatic rings. The van der Waals surface area contributed by atoms with E-state index in [9.17, 15) is 14.9 Å². The standard InChI is InChI=1S/C20H25N5O4/c1-3-28-19(26)15(14-21)13-16(20(27)29-4-2)18(22)25-11-9-24(10-12-25)17-7-5-6-8-23-17/h5-8,13H,3-4,9-12,22H2,1-2H3/b15-13+,18-16-. The highest BCUT2D eigenvalue weighted by Gasteiger charge is 2.24. The van der Waals surface area contributed by atoms with Crippen molar-refractivity contribution in [2.24, 2.45) is 5.73 Å². The Morgan fingerprint density at radius 2 is 1.83 bits per heavy atom. The van der Waals surface area contributed by atoms with Crippen molar-refractivity contribution in [3.8, 4) is 6.07 Å². The maximum absolute atomic E-state index is 12.4. The van der Waals surface area contributed by atoms with Gasteiger partial charge in [0.2, 0.25) is 0 Å². The highest BCUT2D eigenvalue weighted by molar-refractivity contribution is 5.99. The average molecular weight is 399 g/mol. The van der Waals surface area contributed by atoms with E-state index >= 15 is 0 Å². The smallest absolute Gasteiger partial charge is 0.348 e. The van der Waals surface area contributed by atoms with E-state index in [0.717, 1.165) is 11.9 Å². The molecule has 0 bridgehead atoms. The van der Waals surface area contributed by atoms with E-state index < -0.39 is 11.9 Å². The summed E-state index contributed by atoms with van der Waals surface area (Å²) in [4.78, 5) is 32.6. The minimum absolute atomic E-state index is 0.0391. The first-order valence-electron chi connectivity index (χ1n) is 9.38. The molecule has 0 atom stereocenters. The molecule has 1 aliphatic rings. The Hall–Kier alpha value is -3.54. The Balaban J connectivity index is 2.25. The average Bonchev–Trinajstić information content (AvgIpc) is 2.75. The summed E-state index contributed by atoms with van der Waals surface area (Å²) < 4.78 is 9.91. The van der Waals surface area contributed by atoms with Gasteiger partial charge >= 0.3 is 11.9 Å². The van der Waals surface area contributed by atoms with Crippen LogP contribution in [-0.2, 0) is 19.1 Å². The number of hydrogen-bond donors (Lipinski definition) is 1. The fourth-order valence-electron chi connectivity index (χ4n) is 2.82. The number of pyridine rings is 1. The van der Waals surface area contributed by atoms with Crippen molar-refractivity contribution in [2.45, 2.75) is 13.8 Å². The van der Waals surface area contributed by atoms with Crippen molar-refractivity contribution in [3.05, 3.63) is 47.4 Å². The van der Waals surface area contributed by atoms with Gasteiger partial charge in [-0.05, 0) is 32.1 Å². The van der Waals surface area contributed by atoms with Gasteiger partial charge in [0.1, 0.15) is 28.9 Å². The topological polar surface area (TPSA) is 122 Å². The lowest BCUT2D eigenvalue weighted by Crippen LogP contribution is -2.48. The molecule has 0 aliphatic carbocycles. The minimum Gasteiger partial charge on any atom is -0.462 e. The zero-order valence-electron chi connectivity index (χ0n) is 16.6. The predicted octanol–water partition coefficient (Wildman–Crippen LogP) is 0.950. The molecule has 2 rings (SSSR count). The van der Waals surface area contributed by atoms with Crippen molar-refractivity contribution in [2.75, 3.05) is 44.3 Å². The number of nitriles is 1. The normalized spacial score (nSPS) is 15.3. The van der Waals surface area contributed by atoms with Crippen LogP contribution in [0.1, 0.15) is 13.8 Å². The molecule has 0 unspecified atom stereocenters. The number of esters is 2. The minimum atomic E-state index is -0.815. The number of carbonyl (C=O) groups is 2. The van der Waals surface area contributed by atoms with Gasteiger partial charge in [-0.3, -0.25) is 0 Å². The number of piperazine rings is 1. The summed E-state index contributed by atoms with van der Waals surface area (Å²) in [6.45, 7) is 5.93. The third-order valence-corrected chi connectivity index (χ3v) is 4.27. The predicted molar refractivity (Wildman–Crippen MR) is 106 cm³/mol. The third-order valence-electron chi connectivity index (χ3n) is 4.27. The van der Waals surface area contributed by atoms with Gasteiger partial charge in [0.25, 0.3) is 0 Å². The van der Waals surface area contributed by atoms with Crippen LogP contribution >= 0.6 is 0 Å². The Morgan fingerprint density at radius 1 is 1.17 bits per heavy atom. The monoisotopic (exact) mass is 399 g/mol. The van der Waals surface area contributed by atoms with Crippen LogP contribution in [0.4, 0.5) is 5.82 Å². The number of aromatic nitrogens is 1. The van der Waals surface area contributed by atoms with Gasteiger partial charge in [-0.25, -0.2) is 14.6 Å². The molecule has 9 nitrogen and oxygen atoms in total. The van der Waals surface area contributed by atoms with E-state index in [-0.39, 0.29) is 30.2 Å². The first-order chi connectivity index (χ1) is 14.0. The molecule has 1 saturated heterocycles. The van der Waals surface area contributed by atoms with Gasteiger partial charge in [0.05, 0.1) is 13.2 Å². The quantitative estimate of drug-likeness (QED) is 0.309. The van der Waals surface area contributed by atoms with E-state index in [1.807, 2.05) is 23.1 Å². The summed E-state index contributed by atoms with van der Waals surface area (Å²) in [6.07, 6.45) is 2.87. The molecule has 0 saturated carbocycles. The summed E-state index contributed by atoms with van der Waals surface area (Å²) in [6, 6.07) is 7.46. The maximum Gasteiger partial charge on any atom is 0.348 e. The van der Waals surface area contributed by atoms with Gasteiger partial charge < -0.3 is 25.0 Å². The summed E-state index contributed by atoms with van der Waals surface area (Å²) in [5.74, 6) is -0.491. The number of hydrogen-bond acceptors (Lipinski definition) is 9. The lowest BCUT2D eigenvalue weighted by Gasteiger charge is -2.37. The third kappa shape index (κ3) is 5.72. The molecule has 0 spiro atoms. The van der Waals surface area contributed by atoms with Crippen LogP contribution in [0, 0.1) is 11.3 Å². The van der Waals surface area contributed by atoms with Crippen molar-refractivity contribution in [3.63, 3.8) is 0 Å². The molecule has 1 aliphatic heterocycles. The molecule has 0 radical (unpaired) electrons. The number of nitrogens with zero attached hydrogens (tertiary/aromatic N) is 4. The van der Waals surface area contributed by atoms with Crippen LogP contribution in [0.5, 0.6) is 0 Å². The Bertz CT molecular complexity index is 821. The van der Waals surface area contributed by atoms with Gasteiger partial charge in [-0.2, -0.15) is 5.26 Å². The summed E-state index contributed by atoms with van der Waals surface area (Å²) in [5, 5.41) is 9.27. The molecule has 9 heteroatoms. The highest BCUT2D eigenvalue weighted by Crippen LogP contribution is 2.17. The second kappa shape index (κ2) is 10.7. The second-order valence-corrected chi connectivity index (χ2v) is 6.07. The summed E-state index contributed by atoms with van der Waals surface area (Å²) >= 11 is 0. The van der Waals surface area contributed by atoms with Crippen LogP contribution in [0.3, 0.4) is 0 Å². The van der Waals surface area contributed by atoms with Crippen LogP contribution in [0.25, 0.3) is 0 Å². The van der Waals surface area contributed by atoms with E-state index in [0.29, 0.717) is 26.2 Å². The van der Waals surface area contributed by atoms with E-state index in [2.05, 4.69) is 9.88 Å². The van der Waals surface area contributed by atoms with E-state index in [1.54, 1.807) is 26.1 Å². The molecule has 1 fully saturated rings. The summed E-state index contributed by atoms with van der Waals surface area (Å²) in [5.41, 5.74) is 5.90. The number of ether oxygens (including phenoxy) is 2. The zero-order chi connectivity index (χ0) is 21.2. The van der Waals surface area contributed by atoms with Gasteiger partial charge in [-0.1, -0.05) is 6.07 Å². The molecule has 0 aromatic carbocycles. The van der Waals surface area contributed by atoms with Gasteiger partial charge in [-0.15, -0.1) is 0 Å². The first-order valence-corrected chi connectivity index (χ1v) is 9.38. The lowest BCUT2D eigenvalue weighted by molar-refractivity contribution is -0.138. The van der Waals surface area contributed by atoms with Crippen molar-refractivity contribution >= 4 is 17.8 Å². The van der Waals surface area contributed by atoms with Gasteiger partial charge in [0.15, 0.2) is 0 Å². The Morgan fingerprint density at radius 3 is 2.38 bits per heavy atom. The second-order valence-electron chi connectivity index (χ2n) is 6.07. The molecule has 0 amide bonds. The Labute approximate surface area is 170 Å². The fourth-order valence-corrected chi connectivity index (χ4v) is 2.82. The molecule has 29 heavy (non-hydrogen) atoms.